The third-order valence-electron chi connectivity index (χ3n) is 7.52. The Morgan fingerprint density at radius 1 is 1.00 bits per heavy atom. The molecule has 6 rings (SSSR count). The number of benzene rings is 2. The maximum Gasteiger partial charge on any atom is 0.243 e. The lowest BCUT2D eigenvalue weighted by atomic mass is 9.98. The minimum Gasteiger partial charge on any atom is -0.361 e. The fourth-order valence-corrected chi connectivity index (χ4v) is 7.59. The van der Waals surface area contributed by atoms with Crippen molar-refractivity contribution in [2.24, 2.45) is 0 Å². The summed E-state index contributed by atoms with van der Waals surface area (Å²) in [6.45, 7) is 3.41. The van der Waals surface area contributed by atoms with Crippen molar-refractivity contribution in [3.8, 4) is 0 Å². The van der Waals surface area contributed by atoms with E-state index in [9.17, 15) is 8.42 Å². The Morgan fingerprint density at radius 2 is 1.89 bits per heavy atom. The van der Waals surface area contributed by atoms with E-state index in [-0.39, 0.29) is 6.04 Å². The van der Waals surface area contributed by atoms with Gasteiger partial charge >= 0.3 is 0 Å². The third kappa shape index (κ3) is 4.18. The molecule has 0 aliphatic carbocycles. The van der Waals surface area contributed by atoms with Gasteiger partial charge < -0.3 is 4.98 Å². The highest BCUT2D eigenvalue weighted by molar-refractivity contribution is 7.89. The molecule has 1 N–H and O–H groups in total. The van der Waals surface area contributed by atoms with Gasteiger partial charge in [-0.05, 0) is 68.1 Å². The van der Waals surface area contributed by atoms with Crippen LogP contribution in [0.1, 0.15) is 31.2 Å². The van der Waals surface area contributed by atoms with Gasteiger partial charge in [-0.2, -0.15) is 4.31 Å². The highest BCUT2D eigenvalue weighted by Crippen LogP contribution is 2.32. The molecule has 0 amide bonds. The van der Waals surface area contributed by atoms with Gasteiger partial charge in [0.15, 0.2) is 0 Å². The first-order valence-corrected chi connectivity index (χ1v) is 13.9. The first-order chi connectivity index (χ1) is 17.1. The Labute approximate surface area is 206 Å². The summed E-state index contributed by atoms with van der Waals surface area (Å²) in [7, 11) is -3.57. The zero-order valence-electron chi connectivity index (χ0n) is 19.7. The molecule has 4 aromatic rings. The highest BCUT2D eigenvalue weighted by atomic mass is 32.2. The molecule has 35 heavy (non-hydrogen) atoms. The average Bonchev–Trinajstić information content (AvgIpc) is 3.55. The smallest absolute Gasteiger partial charge is 0.243 e. The lowest BCUT2D eigenvalue weighted by Crippen LogP contribution is -2.39. The molecule has 1 saturated heterocycles. The number of para-hydroxylation sites is 1. The Hall–Kier alpha value is -3.00. The zero-order valence-corrected chi connectivity index (χ0v) is 20.5. The Balaban J connectivity index is 1.14. The van der Waals surface area contributed by atoms with Gasteiger partial charge in [-0.15, -0.1) is 0 Å². The van der Waals surface area contributed by atoms with E-state index < -0.39 is 10.0 Å². The molecule has 0 spiro atoms. The lowest BCUT2D eigenvalue weighted by Gasteiger charge is -2.30. The van der Waals surface area contributed by atoms with Crippen LogP contribution in [-0.4, -0.2) is 59.8 Å². The minimum absolute atomic E-state index is 0.0471. The Bertz CT molecular complexity index is 1500. The van der Waals surface area contributed by atoms with Crippen LogP contribution in [0.4, 0.5) is 0 Å². The second-order valence-corrected chi connectivity index (χ2v) is 11.4. The molecule has 1 atom stereocenters. The quantitative estimate of drug-likeness (QED) is 0.414. The number of sulfonamides is 1. The molecule has 2 aromatic carbocycles. The molecule has 2 aromatic heterocycles. The van der Waals surface area contributed by atoms with Gasteiger partial charge in [0.1, 0.15) is 0 Å². The molecule has 2 aliphatic rings. The molecule has 1 fully saturated rings. The van der Waals surface area contributed by atoms with Gasteiger partial charge in [0.05, 0.1) is 10.4 Å². The van der Waals surface area contributed by atoms with Crippen LogP contribution in [0.2, 0.25) is 0 Å². The fraction of sp³-hybridized carbons (Fsp3) is 0.321. The van der Waals surface area contributed by atoms with Gasteiger partial charge in [-0.25, -0.2) is 8.42 Å². The molecule has 7 heteroatoms. The van der Waals surface area contributed by atoms with Gasteiger partial charge in [0.25, 0.3) is 0 Å². The molecule has 0 radical (unpaired) electrons. The number of fused-ring (bicyclic) bond motifs is 2. The average molecular weight is 487 g/mol. The van der Waals surface area contributed by atoms with E-state index in [0.29, 0.717) is 16.8 Å². The molecule has 2 aliphatic heterocycles. The van der Waals surface area contributed by atoms with Crippen LogP contribution >= 0.6 is 0 Å². The normalized spacial score (nSPS) is 20.0. The van der Waals surface area contributed by atoms with E-state index in [4.69, 9.17) is 0 Å². The number of hydrogen-bond donors (Lipinski definition) is 1. The monoisotopic (exact) mass is 486 g/mol. The van der Waals surface area contributed by atoms with Crippen molar-refractivity contribution in [3.05, 3.63) is 78.6 Å². The molecule has 6 nitrogen and oxygen atoms in total. The van der Waals surface area contributed by atoms with Crippen molar-refractivity contribution in [2.45, 2.75) is 36.6 Å². The first-order valence-electron chi connectivity index (χ1n) is 12.4. The number of nitrogens with zero attached hydrogens (tertiary/aromatic N) is 3. The molecule has 0 saturated carbocycles. The lowest BCUT2D eigenvalue weighted by molar-refractivity contribution is 0.263. The van der Waals surface area contributed by atoms with Gasteiger partial charge in [0.2, 0.25) is 10.0 Å². The third-order valence-corrected chi connectivity index (χ3v) is 9.53. The summed E-state index contributed by atoms with van der Waals surface area (Å²) in [5.74, 6) is 0. The summed E-state index contributed by atoms with van der Waals surface area (Å²) < 4.78 is 29.1. The summed E-state index contributed by atoms with van der Waals surface area (Å²) in [4.78, 5) is 10.5. The van der Waals surface area contributed by atoms with Crippen LogP contribution in [0.5, 0.6) is 0 Å². The highest BCUT2D eigenvalue weighted by Gasteiger charge is 2.36. The van der Waals surface area contributed by atoms with E-state index in [1.165, 1.54) is 22.0 Å². The number of aromatic amines is 1. The second-order valence-electron chi connectivity index (χ2n) is 9.55. The van der Waals surface area contributed by atoms with Gasteiger partial charge in [-0.3, -0.25) is 9.88 Å². The number of pyridine rings is 1. The van der Waals surface area contributed by atoms with Crippen LogP contribution in [-0.2, 0) is 10.0 Å². The molecular formula is C28H30N4O2S. The van der Waals surface area contributed by atoms with Crippen LogP contribution in [0.15, 0.2) is 78.0 Å². The van der Waals surface area contributed by atoms with E-state index in [0.717, 1.165) is 50.8 Å². The Kier molecular flexibility index (Phi) is 5.92. The molecule has 4 heterocycles. The maximum atomic E-state index is 13.7. The van der Waals surface area contributed by atoms with Crippen LogP contribution in [0.3, 0.4) is 0 Å². The maximum absolute atomic E-state index is 13.7. The van der Waals surface area contributed by atoms with Crippen molar-refractivity contribution in [1.82, 2.24) is 19.2 Å². The number of nitrogens with one attached hydrogen (secondary N) is 1. The number of H-pyrrole nitrogens is 1. The molecule has 0 unspecified atom stereocenters. The van der Waals surface area contributed by atoms with E-state index in [1.807, 2.05) is 12.1 Å². The van der Waals surface area contributed by atoms with Gasteiger partial charge in [-0.1, -0.05) is 30.3 Å². The number of rotatable bonds is 6. The van der Waals surface area contributed by atoms with Crippen molar-refractivity contribution in [1.29, 1.82) is 0 Å². The van der Waals surface area contributed by atoms with Crippen LogP contribution in [0.25, 0.3) is 27.4 Å². The van der Waals surface area contributed by atoms with E-state index in [1.54, 1.807) is 28.7 Å². The van der Waals surface area contributed by atoms with Crippen molar-refractivity contribution >= 4 is 37.4 Å². The minimum atomic E-state index is -3.57. The SMILES string of the molecule is O=S(=O)(c1cccc2ncccc12)N1CCC[C@H]1CCN1CC=C(c2c[nH]c3ccccc23)CC1. The second kappa shape index (κ2) is 9.22. The van der Waals surface area contributed by atoms with E-state index >= 15 is 0 Å². The summed E-state index contributed by atoms with van der Waals surface area (Å²) in [6.07, 6.45) is 9.87. The van der Waals surface area contributed by atoms with Gasteiger partial charge in [0, 0.05) is 59.9 Å². The zero-order chi connectivity index (χ0) is 23.8. The van der Waals surface area contributed by atoms with Crippen LogP contribution in [0, 0.1) is 0 Å². The Morgan fingerprint density at radius 3 is 2.77 bits per heavy atom. The van der Waals surface area contributed by atoms with Crippen molar-refractivity contribution in [3.63, 3.8) is 0 Å². The number of hydrogen-bond acceptors (Lipinski definition) is 4. The fourth-order valence-electron chi connectivity index (χ4n) is 5.67. The molecule has 180 valence electrons. The van der Waals surface area contributed by atoms with Crippen LogP contribution < -0.4 is 0 Å². The summed E-state index contributed by atoms with van der Waals surface area (Å²) in [5, 5.41) is 1.98. The van der Waals surface area contributed by atoms with Crippen molar-refractivity contribution < 1.29 is 8.42 Å². The molecular weight excluding hydrogens is 456 g/mol. The largest absolute Gasteiger partial charge is 0.361 e. The number of aromatic nitrogens is 2. The first kappa shape index (κ1) is 22.5. The predicted molar refractivity (Wildman–Crippen MR) is 141 cm³/mol. The molecule has 0 bridgehead atoms. The topological polar surface area (TPSA) is 69.3 Å². The summed E-state index contributed by atoms with van der Waals surface area (Å²) >= 11 is 0. The van der Waals surface area contributed by atoms with Crippen molar-refractivity contribution in [2.75, 3.05) is 26.2 Å². The summed E-state index contributed by atoms with van der Waals surface area (Å²) in [5.41, 5.74) is 4.59. The standard InChI is InChI=1S/C28H30N4O2S/c33-35(34,28-11-3-10-27-24(28)8-4-15-29-27)32-16-5-6-22(32)14-19-31-17-12-21(13-18-31)25-20-30-26-9-2-1-7-23(25)26/h1-4,7-12,15,20,22,30H,5-6,13-14,16-19H2/t22-/m0/s1. The predicted octanol–water partition coefficient (Wildman–Crippen LogP) is 5.05. The summed E-state index contributed by atoms with van der Waals surface area (Å²) in [6, 6.07) is 17.5. The van der Waals surface area contributed by atoms with E-state index in [2.05, 4.69) is 51.4 Å².